The maximum absolute atomic E-state index is 12.6. The van der Waals surface area contributed by atoms with E-state index in [0.717, 1.165) is 23.0 Å². The molecule has 2 amide bonds. The average molecular weight is 498 g/mol. The molecule has 1 aliphatic rings. The topological polar surface area (TPSA) is 106 Å². The molecule has 0 saturated heterocycles. The van der Waals surface area contributed by atoms with E-state index >= 15 is 0 Å². The van der Waals surface area contributed by atoms with E-state index in [0.29, 0.717) is 28.5 Å². The van der Waals surface area contributed by atoms with Crippen molar-refractivity contribution in [1.82, 2.24) is 15.2 Å². The third-order valence-corrected chi connectivity index (χ3v) is 6.03. The van der Waals surface area contributed by atoms with Gasteiger partial charge in [0.05, 0.1) is 26.5 Å². The van der Waals surface area contributed by atoms with Gasteiger partial charge in [-0.15, -0.1) is 10.2 Å². The first-order valence-corrected chi connectivity index (χ1v) is 11.5. The van der Waals surface area contributed by atoms with Crippen molar-refractivity contribution in [3.63, 3.8) is 0 Å². The van der Waals surface area contributed by atoms with Crippen LogP contribution < -0.4 is 14.8 Å². The van der Waals surface area contributed by atoms with Gasteiger partial charge in [-0.3, -0.25) is 9.59 Å². The van der Waals surface area contributed by atoms with Gasteiger partial charge in [0.1, 0.15) is 0 Å². The number of aromatic nitrogens is 2. The van der Waals surface area contributed by atoms with Gasteiger partial charge in [-0.2, -0.15) is 5.10 Å². The molecular weight excluding hydrogens is 478 g/mol. The second-order valence-corrected chi connectivity index (χ2v) is 8.40. The molecule has 9 nitrogen and oxygen atoms in total. The quantitative estimate of drug-likeness (QED) is 0.513. The van der Waals surface area contributed by atoms with Gasteiger partial charge < -0.3 is 14.8 Å². The Hall–Kier alpha value is -3.63. The second-order valence-electron chi connectivity index (χ2n) is 7.08. The van der Waals surface area contributed by atoms with Crippen molar-refractivity contribution in [3.05, 3.63) is 76.6 Å². The SMILES string of the molecule is COc1ccc(C2=NN(Cc3ccccc3NC(=O)c3ccc(Cl)nn3)C(=O)SC2)cc1OC. The monoisotopic (exact) mass is 497 g/mol. The number of anilines is 1. The summed E-state index contributed by atoms with van der Waals surface area (Å²) in [4.78, 5) is 25.2. The lowest BCUT2D eigenvalue weighted by Gasteiger charge is -2.24. The molecule has 0 aliphatic carbocycles. The summed E-state index contributed by atoms with van der Waals surface area (Å²) < 4.78 is 10.7. The molecule has 2 heterocycles. The maximum atomic E-state index is 12.6. The van der Waals surface area contributed by atoms with Gasteiger partial charge in [0, 0.05) is 17.0 Å². The van der Waals surface area contributed by atoms with Crippen LogP contribution in [0.4, 0.5) is 10.5 Å². The zero-order valence-electron chi connectivity index (χ0n) is 18.3. The molecule has 3 aromatic rings. The van der Waals surface area contributed by atoms with Crippen LogP contribution >= 0.6 is 23.4 Å². The Kier molecular flexibility index (Phi) is 7.29. The molecular formula is C23H20ClN5O4S. The second kappa shape index (κ2) is 10.5. The van der Waals surface area contributed by atoms with E-state index < -0.39 is 5.91 Å². The number of para-hydroxylation sites is 1. The average Bonchev–Trinajstić information content (AvgIpc) is 2.86. The molecule has 0 unspecified atom stereocenters. The molecule has 2 aromatic carbocycles. The molecule has 0 fully saturated rings. The smallest absolute Gasteiger partial charge is 0.302 e. The van der Waals surface area contributed by atoms with E-state index in [1.807, 2.05) is 24.3 Å². The summed E-state index contributed by atoms with van der Waals surface area (Å²) in [6.07, 6.45) is 0. The van der Waals surface area contributed by atoms with Crippen LogP contribution in [0.1, 0.15) is 21.6 Å². The number of thioether (sulfide) groups is 1. The summed E-state index contributed by atoms with van der Waals surface area (Å²) in [7, 11) is 3.14. The summed E-state index contributed by atoms with van der Waals surface area (Å²) in [5.41, 5.74) is 2.92. The third-order valence-electron chi connectivity index (χ3n) is 4.95. The first kappa shape index (κ1) is 23.5. The van der Waals surface area contributed by atoms with Crippen molar-refractivity contribution in [2.24, 2.45) is 5.10 Å². The van der Waals surface area contributed by atoms with Crippen LogP contribution in [0.15, 0.2) is 59.7 Å². The standard InChI is InChI=1S/C23H20ClN5O4S/c1-32-19-9-7-14(11-20(19)33-2)18-13-34-23(31)29(28-18)12-15-5-3-4-6-16(15)25-22(30)17-8-10-21(24)27-26-17/h3-11H,12-13H2,1-2H3,(H,25,30). The normalized spacial score (nSPS) is 13.3. The number of hydrogen-bond acceptors (Lipinski definition) is 8. The highest BCUT2D eigenvalue weighted by Crippen LogP contribution is 2.30. The first-order chi connectivity index (χ1) is 16.5. The fourth-order valence-corrected chi connectivity index (χ4v) is 4.08. The number of methoxy groups -OCH3 is 2. The van der Waals surface area contributed by atoms with Crippen molar-refractivity contribution in [1.29, 1.82) is 0 Å². The molecule has 1 aromatic heterocycles. The molecule has 0 spiro atoms. The van der Waals surface area contributed by atoms with Gasteiger partial charge in [0.15, 0.2) is 22.3 Å². The molecule has 0 saturated carbocycles. The van der Waals surface area contributed by atoms with Crippen LogP contribution in [0.5, 0.6) is 11.5 Å². The number of hydrazone groups is 1. The van der Waals surface area contributed by atoms with Crippen LogP contribution in [0.25, 0.3) is 0 Å². The largest absolute Gasteiger partial charge is 0.493 e. The Labute approximate surface area is 205 Å². The van der Waals surface area contributed by atoms with Crippen LogP contribution in [0.3, 0.4) is 0 Å². The van der Waals surface area contributed by atoms with Crippen molar-refractivity contribution in [3.8, 4) is 11.5 Å². The number of nitrogens with one attached hydrogen (secondary N) is 1. The van der Waals surface area contributed by atoms with E-state index in [9.17, 15) is 9.59 Å². The van der Waals surface area contributed by atoms with Crippen LogP contribution in [0.2, 0.25) is 5.15 Å². The number of carbonyl (C=O) groups excluding carboxylic acids is 2. The van der Waals surface area contributed by atoms with Gasteiger partial charge >= 0.3 is 5.24 Å². The Balaban J connectivity index is 1.56. The van der Waals surface area contributed by atoms with Crippen LogP contribution in [-0.2, 0) is 6.54 Å². The lowest BCUT2D eigenvalue weighted by molar-refractivity contribution is 0.102. The number of nitrogens with zero attached hydrogens (tertiary/aromatic N) is 4. The summed E-state index contributed by atoms with van der Waals surface area (Å²) in [6, 6.07) is 15.7. The van der Waals surface area contributed by atoms with Gasteiger partial charge in [-0.05, 0) is 42.0 Å². The summed E-state index contributed by atoms with van der Waals surface area (Å²) in [5, 5.41) is 16.3. The lowest BCUT2D eigenvalue weighted by Crippen LogP contribution is -2.30. The van der Waals surface area contributed by atoms with Gasteiger partial charge in [0.25, 0.3) is 5.91 Å². The predicted octanol–water partition coefficient (Wildman–Crippen LogP) is 4.47. The Morgan fingerprint density at radius 3 is 2.62 bits per heavy atom. The molecule has 0 atom stereocenters. The van der Waals surface area contributed by atoms with Gasteiger partial charge in [0.2, 0.25) is 0 Å². The molecule has 0 radical (unpaired) electrons. The van der Waals surface area contributed by atoms with Crippen molar-refractivity contribution in [2.45, 2.75) is 6.54 Å². The Bertz CT molecular complexity index is 1250. The third kappa shape index (κ3) is 5.29. The zero-order chi connectivity index (χ0) is 24.1. The highest BCUT2D eigenvalue weighted by atomic mass is 35.5. The molecule has 11 heteroatoms. The number of hydrogen-bond donors (Lipinski definition) is 1. The van der Waals surface area contributed by atoms with Crippen molar-refractivity contribution >= 4 is 45.9 Å². The van der Waals surface area contributed by atoms with Gasteiger partial charge in [-0.25, -0.2) is 5.01 Å². The minimum atomic E-state index is -0.439. The number of carbonyl (C=O) groups is 2. The maximum Gasteiger partial charge on any atom is 0.302 e. The number of ether oxygens (including phenoxy) is 2. The summed E-state index contributed by atoms with van der Waals surface area (Å²) in [5.74, 6) is 1.18. The highest BCUT2D eigenvalue weighted by Gasteiger charge is 2.24. The van der Waals surface area contributed by atoms with Gasteiger partial charge in [-0.1, -0.05) is 41.6 Å². The highest BCUT2D eigenvalue weighted by molar-refractivity contribution is 8.14. The minimum Gasteiger partial charge on any atom is -0.493 e. The molecule has 34 heavy (non-hydrogen) atoms. The van der Waals surface area contributed by atoms with E-state index in [4.69, 9.17) is 21.1 Å². The van der Waals surface area contributed by atoms with Crippen molar-refractivity contribution < 1.29 is 19.1 Å². The number of benzene rings is 2. The fraction of sp³-hybridized carbons (Fsp3) is 0.174. The Morgan fingerprint density at radius 2 is 1.88 bits per heavy atom. The van der Waals surface area contributed by atoms with Crippen LogP contribution in [0, 0.1) is 0 Å². The predicted molar refractivity (Wildman–Crippen MR) is 131 cm³/mol. The zero-order valence-corrected chi connectivity index (χ0v) is 19.9. The van der Waals surface area contributed by atoms with Crippen molar-refractivity contribution in [2.75, 3.05) is 25.3 Å². The number of amides is 2. The first-order valence-electron chi connectivity index (χ1n) is 10.1. The number of halogens is 1. The van der Waals surface area contributed by atoms with E-state index in [-0.39, 0.29) is 22.6 Å². The van der Waals surface area contributed by atoms with E-state index in [1.165, 1.54) is 17.1 Å². The lowest BCUT2D eigenvalue weighted by atomic mass is 10.1. The molecule has 1 N–H and O–H groups in total. The van der Waals surface area contributed by atoms with E-state index in [2.05, 4.69) is 20.6 Å². The molecule has 174 valence electrons. The number of rotatable bonds is 7. The van der Waals surface area contributed by atoms with E-state index in [1.54, 1.807) is 32.4 Å². The summed E-state index contributed by atoms with van der Waals surface area (Å²) in [6.45, 7) is 0.172. The van der Waals surface area contributed by atoms with Crippen LogP contribution in [-0.4, -0.2) is 52.0 Å². The minimum absolute atomic E-state index is 0.123. The Morgan fingerprint density at radius 1 is 1.09 bits per heavy atom. The fourth-order valence-electron chi connectivity index (χ4n) is 3.24. The molecule has 0 bridgehead atoms. The molecule has 4 rings (SSSR count). The molecule has 1 aliphatic heterocycles. The summed E-state index contributed by atoms with van der Waals surface area (Å²) >= 11 is 6.90.